The minimum Gasteiger partial charge on any atom is -0.457 e. The van der Waals surface area contributed by atoms with Crippen LogP contribution in [0.2, 0.25) is 0 Å². The summed E-state index contributed by atoms with van der Waals surface area (Å²) in [4.78, 5) is 3.59. The zero-order chi connectivity index (χ0) is 17.5. The number of rotatable bonds is 3. The smallest absolute Gasteiger partial charge is 0.309 e. The van der Waals surface area contributed by atoms with Crippen LogP contribution in [0.25, 0.3) is 0 Å². The number of hydrogen-bond donors (Lipinski definition) is 2. The summed E-state index contributed by atoms with van der Waals surface area (Å²) in [6.07, 6.45) is 2.84. The minimum atomic E-state index is -1.68. The summed E-state index contributed by atoms with van der Waals surface area (Å²) in [5, 5.41) is 0. The Bertz CT molecular complexity index is 921. The lowest BCUT2D eigenvalue weighted by Crippen LogP contribution is -2.41. The summed E-state index contributed by atoms with van der Waals surface area (Å²) < 4.78 is 29.4. The van der Waals surface area contributed by atoms with Gasteiger partial charge in [-0.05, 0) is 55.1 Å². The van der Waals surface area contributed by atoms with Crippen LogP contribution in [0.4, 0.5) is 5.69 Å². The molecule has 3 aliphatic heterocycles. The highest BCUT2D eigenvalue weighted by atomic mass is 32.2. The first-order valence-electron chi connectivity index (χ1n) is 8.31. The van der Waals surface area contributed by atoms with E-state index in [4.69, 9.17) is 9.02 Å². The number of anilines is 1. The van der Waals surface area contributed by atoms with E-state index in [1.165, 1.54) is 23.4 Å². The van der Waals surface area contributed by atoms with Crippen molar-refractivity contribution in [2.75, 3.05) is 11.4 Å². The number of amidine groups is 1. The Morgan fingerprint density at radius 2 is 2.19 bits per heavy atom. The van der Waals surface area contributed by atoms with Crippen LogP contribution in [-0.2, 0) is 15.6 Å². The SMILES string of the molecule is O=S1N=C(c2cccc(Oc3ccc4c(c3)SNC3CCCN43)c2)NO1. The van der Waals surface area contributed by atoms with E-state index in [1.54, 1.807) is 11.9 Å². The topological polar surface area (TPSA) is 75.2 Å². The minimum absolute atomic E-state index is 0.430. The Balaban J connectivity index is 1.39. The third-order valence-electron chi connectivity index (χ3n) is 4.52. The van der Waals surface area contributed by atoms with Crippen LogP contribution in [0.1, 0.15) is 18.4 Å². The fourth-order valence-electron chi connectivity index (χ4n) is 3.33. The molecule has 0 radical (unpaired) electrons. The molecule has 2 N–H and O–H groups in total. The van der Waals surface area contributed by atoms with Gasteiger partial charge in [-0.1, -0.05) is 12.1 Å². The van der Waals surface area contributed by atoms with Gasteiger partial charge in [-0.3, -0.25) is 0 Å². The molecule has 7 nitrogen and oxygen atoms in total. The molecule has 0 amide bonds. The first kappa shape index (κ1) is 16.1. The second kappa shape index (κ2) is 6.58. The molecule has 2 aromatic carbocycles. The van der Waals surface area contributed by atoms with Crippen molar-refractivity contribution in [2.45, 2.75) is 23.9 Å². The van der Waals surface area contributed by atoms with E-state index in [-0.39, 0.29) is 0 Å². The van der Waals surface area contributed by atoms with Crippen molar-refractivity contribution in [3.05, 3.63) is 48.0 Å². The van der Waals surface area contributed by atoms with Crippen LogP contribution in [0.15, 0.2) is 51.8 Å². The summed E-state index contributed by atoms with van der Waals surface area (Å²) >= 11 is -0.0178. The third-order valence-corrected chi connectivity index (χ3v) is 6.01. The molecule has 3 heterocycles. The number of benzene rings is 2. The van der Waals surface area contributed by atoms with Crippen molar-refractivity contribution in [1.82, 2.24) is 10.2 Å². The van der Waals surface area contributed by atoms with Gasteiger partial charge < -0.3 is 9.64 Å². The Morgan fingerprint density at radius 3 is 3.08 bits per heavy atom. The number of fused-ring (bicyclic) bond motifs is 3. The van der Waals surface area contributed by atoms with Gasteiger partial charge >= 0.3 is 11.3 Å². The lowest BCUT2D eigenvalue weighted by Gasteiger charge is -2.33. The van der Waals surface area contributed by atoms with Crippen molar-refractivity contribution in [3.8, 4) is 11.5 Å². The summed E-state index contributed by atoms with van der Waals surface area (Å²) in [5.41, 5.74) is 4.57. The number of nitrogens with zero attached hydrogens (tertiary/aromatic N) is 2. The Morgan fingerprint density at radius 1 is 1.27 bits per heavy atom. The summed E-state index contributed by atoms with van der Waals surface area (Å²) in [5.74, 6) is 1.88. The maximum absolute atomic E-state index is 11.2. The predicted octanol–water partition coefficient (Wildman–Crippen LogP) is 2.88. The van der Waals surface area contributed by atoms with Gasteiger partial charge in [0.25, 0.3) is 0 Å². The zero-order valence-electron chi connectivity index (χ0n) is 13.7. The lowest BCUT2D eigenvalue weighted by atomic mass is 10.2. The Kier molecular flexibility index (Phi) is 4.08. The van der Waals surface area contributed by atoms with Gasteiger partial charge in [-0.2, -0.15) is 4.28 Å². The van der Waals surface area contributed by atoms with Gasteiger partial charge in [0.1, 0.15) is 11.5 Å². The van der Waals surface area contributed by atoms with Crippen LogP contribution in [0.3, 0.4) is 0 Å². The molecule has 0 bridgehead atoms. The second-order valence-corrected chi connectivity index (χ2v) is 7.84. The second-order valence-electron chi connectivity index (χ2n) is 6.17. The van der Waals surface area contributed by atoms with E-state index in [9.17, 15) is 4.21 Å². The summed E-state index contributed by atoms with van der Waals surface area (Å²) in [6, 6.07) is 13.6. The molecule has 134 valence electrons. The first-order valence-corrected chi connectivity index (χ1v) is 10.2. The molecule has 1 saturated heterocycles. The lowest BCUT2D eigenvalue weighted by molar-refractivity contribution is 0.306. The molecule has 0 saturated carbocycles. The van der Waals surface area contributed by atoms with Crippen LogP contribution in [0.5, 0.6) is 11.5 Å². The molecule has 1 fully saturated rings. The van der Waals surface area contributed by atoms with E-state index < -0.39 is 11.3 Å². The van der Waals surface area contributed by atoms with Gasteiger partial charge in [0, 0.05) is 17.0 Å². The first-order chi connectivity index (χ1) is 12.8. The average molecular weight is 388 g/mol. The summed E-state index contributed by atoms with van der Waals surface area (Å²) in [7, 11) is 0. The van der Waals surface area contributed by atoms with E-state index in [1.807, 2.05) is 30.3 Å². The van der Waals surface area contributed by atoms with Crippen molar-refractivity contribution in [1.29, 1.82) is 0 Å². The van der Waals surface area contributed by atoms with Gasteiger partial charge in [0.15, 0.2) is 5.84 Å². The van der Waals surface area contributed by atoms with E-state index in [2.05, 4.69) is 31.6 Å². The quantitative estimate of drug-likeness (QED) is 0.783. The maximum Gasteiger partial charge on any atom is 0.309 e. The molecule has 2 atom stereocenters. The molecule has 3 aliphatic rings. The monoisotopic (exact) mass is 388 g/mol. The van der Waals surface area contributed by atoms with E-state index >= 15 is 0 Å². The number of ether oxygens (including phenoxy) is 1. The molecule has 0 spiro atoms. The molecular weight excluding hydrogens is 372 g/mol. The van der Waals surface area contributed by atoms with Crippen molar-refractivity contribution in [2.24, 2.45) is 4.40 Å². The molecule has 26 heavy (non-hydrogen) atoms. The van der Waals surface area contributed by atoms with Crippen LogP contribution in [-0.4, -0.2) is 22.8 Å². The summed E-state index contributed by atoms with van der Waals surface area (Å²) in [6.45, 7) is 1.09. The van der Waals surface area contributed by atoms with Gasteiger partial charge in [0.05, 0.1) is 11.9 Å². The molecule has 5 rings (SSSR count). The Labute approximate surface area is 157 Å². The standard InChI is InChI=1S/C17H16N4O3S2/c22-26-20-17(18-24-26)11-3-1-4-12(9-11)23-13-6-7-14-15(10-13)25-19-16-5-2-8-21(14)16/h1,3-4,6-7,9-10,16,19H,2,5,8H2,(H,18,20). The molecular formula is C17H16N4O3S2. The van der Waals surface area contributed by atoms with Gasteiger partial charge in [-0.25, -0.2) is 14.4 Å². The average Bonchev–Trinajstić information content (AvgIpc) is 3.30. The van der Waals surface area contributed by atoms with Crippen LogP contribution >= 0.6 is 11.9 Å². The highest BCUT2D eigenvalue weighted by Gasteiger charge is 2.30. The zero-order valence-corrected chi connectivity index (χ0v) is 15.3. The largest absolute Gasteiger partial charge is 0.457 e. The molecule has 0 aromatic heterocycles. The highest BCUT2D eigenvalue weighted by molar-refractivity contribution is 7.97. The fraction of sp³-hybridized carbons (Fsp3) is 0.235. The van der Waals surface area contributed by atoms with Crippen LogP contribution < -0.4 is 19.8 Å². The molecule has 2 unspecified atom stereocenters. The normalized spacial score (nSPS) is 23.8. The van der Waals surface area contributed by atoms with Gasteiger partial charge in [-0.15, -0.1) is 4.40 Å². The maximum atomic E-state index is 11.2. The third kappa shape index (κ3) is 2.96. The predicted molar refractivity (Wildman–Crippen MR) is 101 cm³/mol. The highest BCUT2D eigenvalue weighted by Crippen LogP contribution is 2.40. The van der Waals surface area contributed by atoms with Gasteiger partial charge in [0.2, 0.25) is 0 Å². The van der Waals surface area contributed by atoms with Crippen LogP contribution in [0, 0.1) is 0 Å². The molecule has 2 aromatic rings. The van der Waals surface area contributed by atoms with Crippen molar-refractivity contribution in [3.63, 3.8) is 0 Å². The van der Waals surface area contributed by atoms with E-state index in [0.29, 0.717) is 17.8 Å². The number of hydroxylamine groups is 1. The number of nitrogens with one attached hydrogen (secondary N) is 2. The van der Waals surface area contributed by atoms with Crippen molar-refractivity contribution < 1.29 is 13.2 Å². The molecule has 0 aliphatic carbocycles. The Hall–Kier alpha value is -2.07. The molecule has 9 heteroatoms. The number of hydrogen-bond acceptors (Lipinski definition) is 7. The van der Waals surface area contributed by atoms with Crippen molar-refractivity contribution >= 4 is 34.7 Å². The fourth-order valence-corrected chi connectivity index (χ4v) is 4.78. The van der Waals surface area contributed by atoms with E-state index in [0.717, 1.165) is 17.9 Å².